The minimum absolute atomic E-state index is 0.0623. The van der Waals surface area contributed by atoms with Gasteiger partial charge in [-0.25, -0.2) is 8.42 Å². The summed E-state index contributed by atoms with van der Waals surface area (Å²) < 4.78 is 30.0. The Morgan fingerprint density at radius 2 is 1.78 bits per heavy atom. The molecule has 1 aromatic heterocycles. The summed E-state index contributed by atoms with van der Waals surface area (Å²) in [6.45, 7) is 5.15. The van der Waals surface area contributed by atoms with Crippen LogP contribution in [-0.2, 0) is 9.84 Å². The second kappa shape index (κ2) is 7.32. The van der Waals surface area contributed by atoms with Gasteiger partial charge in [-0.2, -0.15) is 0 Å². The fourth-order valence-electron chi connectivity index (χ4n) is 2.34. The molecule has 0 saturated heterocycles. The molecule has 27 heavy (non-hydrogen) atoms. The molecule has 0 saturated carbocycles. The maximum atomic E-state index is 12.4. The fraction of sp³-hybridized carbons (Fsp3) is 0.211. The third-order valence-corrected chi connectivity index (χ3v) is 6.14. The Hall–Kier alpha value is -3.00. The van der Waals surface area contributed by atoms with Crippen LogP contribution in [-0.4, -0.2) is 29.8 Å². The van der Waals surface area contributed by atoms with E-state index in [4.69, 9.17) is 4.42 Å². The molecule has 0 aliphatic carbocycles. The molecule has 3 rings (SSSR count). The second-order valence-corrected chi connectivity index (χ2v) is 8.86. The van der Waals surface area contributed by atoms with Crippen molar-refractivity contribution in [3.63, 3.8) is 0 Å². The van der Waals surface area contributed by atoms with E-state index in [1.54, 1.807) is 13.8 Å². The molecule has 0 unspecified atom stereocenters. The normalized spacial score (nSPS) is 11.6. The standard InChI is InChI=1S/C19H19N3O4S/c1-12(2)27(24,25)16-6-4-5-15(11-16)17(23)20-19-22-21-18(26-19)14-9-7-13(3)8-10-14/h4-12H,1-3H3,(H,20,22,23). The van der Waals surface area contributed by atoms with Crippen molar-refractivity contribution in [1.82, 2.24) is 10.2 Å². The largest absolute Gasteiger partial charge is 0.403 e. The number of rotatable bonds is 5. The molecule has 7 nitrogen and oxygen atoms in total. The van der Waals surface area contributed by atoms with E-state index in [2.05, 4.69) is 15.5 Å². The van der Waals surface area contributed by atoms with Gasteiger partial charge in [-0.05, 0) is 51.1 Å². The predicted octanol–water partition coefficient (Wildman–Crippen LogP) is 3.48. The number of aryl methyl sites for hydroxylation is 1. The first-order chi connectivity index (χ1) is 12.8. The highest BCUT2D eigenvalue weighted by Crippen LogP contribution is 2.21. The summed E-state index contributed by atoms with van der Waals surface area (Å²) >= 11 is 0. The monoisotopic (exact) mass is 385 g/mol. The van der Waals surface area contributed by atoms with E-state index in [-0.39, 0.29) is 22.4 Å². The summed E-state index contributed by atoms with van der Waals surface area (Å²) in [5, 5.41) is 9.64. The first-order valence-corrected chi connectivity index (χ1v) is 9.88. The Labute approximate surface area is 157 Å². The lowest BCUT2D eigenvalue weighted by Crippen LogP contribution is -2.16. The average Bonchev–Trinajstić information content (AvgIpc) is 3.10. The van der Waals surface area contributed by atoms with E-state index in [1.807, 2.05) is 31.2 Å². The lowest BCUT2D eigenvalue weighted by molar-refractivity contribution is 0.102. The Kier molecular flexibility index (Phi) is 5.09. The first-order valence-electron chi connectivity index (χ1n) is 8.33. The molecule has 0 atom stereocenters. The van der Waals surface area contributed by atoms with Crippen LogP contribution in [0.4, 0.5) is 6.01 Å². The third kappa shape index (κ3) is 4.06. The molecule has 0 spiro atoms. The van der Waals surface area contributed by atoms with Crippen LogP contribution >= 0.6 is 0 Å². The zero-order valence-corrected chi connectivity index (χ0v) is 15.9. The van der Waals surface area contributed by atoms with Gasteiger partial charge < -0.3 is 4.42 Å². The predicted molar refractivity (Wildman–Crippen MR) is 101 cm³/mol. The molecule has 2 aromatic carbocycles. The molecule has 0 radical (unpaired) electrons. The lowest BCUT2D eigenvalue weighted by atomic mass is 10.1. The van der Waals surface area contributed by atoms with Crippen LogP contribution in [0.25, 0.3) is 11.5 Å². The zero-order valence-electron chi connectivity index (χ0n) is 15.1. The van der Waals surface area contributed by atoms with Gasteiger partial charge in [-0.1, -0.05) is 28.9 Å². The van der Waals surface area contributed by atoms with Crippen molar-refractivity contribution in [2.24, 2.45) is 0 Å². The maximum absolute atomic E-state index is 12.4. The van der Waals surface area contributed by atoms with E-state index in [1.165, 1.54) is 24.3 Å². The van der Waals surface area contributed by atoms with Crippen molar-refractivity contribution < 1.29 is 17.6 Å². The van der Waals surface area contributed by atoms with Crippen molar-refractivity contribution in [3.8, 4) is 11.5 Å². The van der Waals surface area contributed by atoms with Crippen molar-refractivity contribution in [3.05, 3.63) is 59.7 Å². The number of aromatic nitrogens is 2. The van der Waals surface area contributed by atoms with Crippen LogP contribution in [0.1, 0.15) is 29.8 Å². The number of benzene rings is 2. The van der Waals surface area contributed by atoms with Gasteiger partial charge in [0.05, 0.1) is 10.1 Å². The summed E-state index contributed by atoms with van der Waals surface area (Å²) in [5.41, 5.74) is 2.02. The lowest BCUT2D eigenvalue weighted by Gasteiger charge is -2.09. The van der Waals surface area contributed by atoms with E-state index in [0.29, 0.717) is 0 Å². The number of hydrogen-bond donors (Lipinski definition) is 1. The number of nitrogens with one attached hydrogen (secondary N) is 1. The topological polar surface area (TPSA) is 102 Å². The van der Waals surface area contributed by atoms with Gasteiger partial charge in [0.1, 0.15) is 0 Å². The molecule has 3 aromatic rings. The number of anilines is 1. The fourth-order valence-corrected chi connectivity index (χ4v) is 3.45. The Bertz CT molecular complexity index is 1070. The van der Waals surface area contributed by atoms with E-state index >= 15 is 0 Å². The maximum Gasteiger partial charge on any atom is 0.322 e. The summed E-state index contributed by atoms with van der Waals surface area (Å²) in [7, 11) is -3.47. The molecule has 1 N–H and O–H groups in total. The van der Waals surface area contributed by atoms with Gasteiger partial charge >= 0.3 is 6.01 Å². The quantitative estimate of drug-likeness (QED) is 0.721. The van der Waals surface area contributed by atoms with Crippen LogP contribution in [0.3, 0.4) is 0 Å². The first kappa shape index (κ1) is 18.8. The third-order valence-electron chi connectivity index (χ3n) is 3.99. The smallest absolute Gasteiger partial charge is 0.322 e. The number of hydrogen-bond acceptors (Lipinski definition) is 6. The van der Waals surface area contributed by atoms with E-state index in [0.717, 1.165) is 11.1 Å². The van der Waals surface area contributed by atoms with Gasteiger partial charge in [-0.3, -0.25) is 10.1 Å². The number of nitrogens with zero attached hydrogens (tertiary/aromatic N) is 2. The van der Waals surface area contributed by atoms with Gasteiger partial charge in [0.15, 0.2) is 9.84 Å². The highest BCUT2D eigenvalue weighted by Gasteiger charge is 2.21. The zero-order chi connectivity index (χ0) is 19.6. The number of carbonyl (C=O) groups excluding carboxylic acids is 1. The Morgan fingerprint density at radius 3 is 2.44 bits per heavy atom. The second-order valence-electron chi connectivity index (χ2n) is 6.35. The summed E-state index contributed by atoms with van der Waals surface area (Å²) in [4.78, 5) is 12.5. The molecule has 0 fully saturated rings. The molecule has 140 valence electrons. The van der Waals surface area contributed by atoms with Crippen LogP contribution < -0.4 is 5.32 Å². The minimum atomic E-state index is -3.47. The van der Waals surface area contributed by atoms with Crippen LogP contribution in [0.15, 0.2) is 57.8 Å². The summed E-state index contributed by atoms with van der Waals surface area (Å²) in [6.07, 6.45) is 0. The molecule has 1 amide bonds. The number of sulfone groups is 1. The molecule has 0 bridgehead atoms. The van der Waals surface area contributed by atoms with Crippen LogP contribution in [0.5, 0.6) is 0 Å². The summed E-state index contributed by atoms with van der Waals surface area (Å²) in [5.74, 6) is -0.253. The Balaban J connectivity index is 1.79. The van der Waals surface area contributed by atoms with Gasteiger partial charge in [0.25, 0.3) is 5.91 Å². The average molecular weight is 385 g/mol. The van der Waals surface area contributed by atoms with Crippen LogP contribution in [0.2, 0.25) is 0 Å². The van der Waals surface area contributed by atoms with Crippen molar-refractivity contribution in [1.29, 1.82) is 0 Å². The van der Waals surface area contributed by atoms with Gasteiger partial charge in [0, 0.05) is 11.1 Å². The minimum Gasteiger partial charge on any atom is -0.403 e. The highest BCUT2D eigenvalue weighted by atomic mass is 32.2. The van der Waals surface area contributed by atoms with E-state index in [9.17, 15) is 13.2 Å². The Morgan fingerprint density at radius 1 is 1.07 bits per heavy atom. The molecule has 0 aliphatic rings. The van der Waals surface area contributed by atoms with Crippen LogP contribution in [0, 0.1) is 6.92 Å². The molecule has 8 heteroatoms. The SMILES string of the molecule is Cc1ccc(-c2nnc(NC(=O)c3cccc(S(=O)(=O)C(C)C)c3)o2)cc1. The van der Waals surface area contributed by atoms with Crippen molar-refractivity contribution in [2.75, 3.05) is 5.32 Å². The number of carbonyl (C=O) groups is 1. The van der Waals surface area contributed by atoms with Gasteiger partial charge in [0.2, 0.25) is 5.89 Å². The highest BCUT2D eigenvalue weighted by molar-refractivity contribution is 7.92. The van der Waals surface area contributed by atoms with Crippen molar-refractivity contribution >= 4 is 21.8 Å². The van der Waals surface area contributed by atoms with Gasteiger partial charge in [-0.15, -0.1) is 5.10 Å². The molecular weight excluding hydrogens is 366 g/mol. The molecule has 0 aliphatic heterocycles. The van der Waals surface area contributed by atoms with Crippen molar-refractivity contribution in [2.45, 2.75) is 30.9 Å². The molecular formula is C19H19N3O4S. The number of amides is 1. The van der Waals surface area contributed by atoms with E-state index < -0.39 is 21.0 Å². The molecule has 1 heterocycles. The summed E-state index contributed by atoms with van der Waals surface area (Å²) in [6, 6.07) is 13.3.